The lowest BCUT2D eigenvalue weighted by atomic mass is 10.2. The SMILES string of the molecule is O=C(NCCCOCC1CC1)c1cccc(S(=O)(=O)N2CCCCCC2)c1. The molecule has 1 aliphatic carbocycles. The second kappa shape index (κ2) is 9.66. The van der Waals surface area contributed by atoms with Gasteiger partial charge in [0.05, 0.1) is 4.90 Å². The van der Waals surface area contributed by atoms with Crippen molar-refractivity contribution in [2.45, 2.75) is 49.8 Å². The predicted molar refractivity (Wildman–Crippen MR) is 104 cm³/mol. The number of nitrogens with zero attached hydrogens (tertiary/aromatic N) is 1. The maximum absolute atomic E-state index is 12.9. The monoisotopic (exact) mass is 394 g/mol. The van der Waals surface area contributed by atoms with Crippen molar-refractivity contribution in [1.82, 2.24) is 9.62 Å². The highest BCUT2D eigenvalue weighted by Gasteiger charge is 2.25. The van der Waals surface area contributed by atoms with Crippen LogP contribution in [0.1, 0.15) is 55.3 Å². The molecule has 2 aliphatic rings. The first kappa shape index (κ1) is 20.3. The van der Waals surface area contributed by atoms with E-state index in [-0.39, 0.29) is 10.8 Å². The molecule has 1 aliphatic heterocycles. The third-order valence-electron chi connectivity index (χ3n) is 5.10. The summed E-state index contributed by atoms with van der Waals surface area (Å²) in [5.74, 6) is 0.499. The Morgan fingerprint density at radius 1 is 1.15 bits per heavy atom. The van der Waals surface area contributed by atoms with Crippen LogP contribution in [-0.4, -0.2) is 51.5 Å². The molecule has 1 aromatic carbocycles. The maximum Gasteiger partial charge on any atom is 0.251 e. The van der Waals surface area contributed by atoms with Gasteiger partial charge < -0.3 is 10.1 Å². The lowest BCUT2D eigenvalue weighted by Crippen LogP contribution is -2.32. The first-order valence-electron chi connectivity index (χ1n) is 10.0. The zero-order valence-electron chi connectivity index (χ0n) is 15.9. The Balaban J connectivity index is 1.52. The Hall–Kier alpha value is -1.44. The Labute approximate surface area is 162 Å². The van der Waals surface area contributed by atoms with Crippen molar-refractivity contribution < 1.29 is 17.9 Å². The minimum Gasteiger partial charge on any atom is -0.381 e. The summed E-state index contributed by atoms with van der Waals surface area (Å²) in [6.45, 7) is 3.09. The van der Waals surface area contributed by atoms with Crippen LogP contribution in [0.3, 0.4) is 0 Å². The minimum atomic E-state index is -3.54. The average Bonchev–Trinajstić information content (AvgIpc) is 3.51. The number of hydrogen-bond acceptors (Lipinski definition) is 4. The summed E-state index contributed by atoms with van der Waals surface area (Å²) in [5, 5.41) is 2.84. The molecule has 0 unspecified atom stereocenters. The molecule has 2 fully saturated rings. The number of rotatable bonds is 9. The van der Waals surface area contributed by atoms with E-state index in [4.69, 9.17) is 4.74 Å². The molecule has 1 heterocycles. The van der Waals surface area contributed by atoms with Gasteiger partial charge in [-0.1, -0.05) is 18.9 Å². The molecule has 1 saturated heterocycles. The molecule has 0 radical (unpaired) electrons. The van der Waals surface area contributed by atoms with E-state index >= 15 is 0 Å². The number of hydrogen-bond donors (Lipinski definition) is 1. The van der Waals surface area contributed by atoms with Crippen LogP contribution in [0.4, 0.5) is 0 Å². The molecule has 6 nitrogen and oxygen atoms in total. The summed E-state index contributed by atoms with van der Waals surface area (Å²) in [4.78, 5) is 12.5. The molecule has 0 spiro atoms. The van der Waals surface area contributed by atoms with Crippen molar-refractivity contribution in [2.75, 3.05) is 32.8 Å². The molecule has 1 aromatic rings. The van der Waals surface area contributed by atoms with Gasteiger partial charge in [-0.3, -0.25) is 4.79 Å². The lowest BCUT2D eigenvalue weighted by Gasteiger charge is -2.20. The predicted octanol–water partition coefficient (Wildman–Crippen LogP) is 2.80. The van der Waals surface area contributed by atoms with Gasteiger partial charge in [-0.05, 0) is 56.2 Å². The molecule has 1 saturated carbocycles. The van der Waals surface area contributed by atoms with E-state index in [1.165, 1.54) is 18.9 Å². The van der Waals surface area contributed by atoms with Gasteiger partial charge in [-0.15, -0.1) is 0 Å². The van der Waals surface area contributed by atoms with Crippen molar-refractivity contribution >= 4 is 15.9 Å². The number of amides is 1. The minimum absolute atomic E-state index is 0.199. The standard InChI is InChI=1S/C20H30N2O4S/c23-20(21-11-6-14-26-16-17-9-10-17)18-7-5-8-19(15-18)27(24,25)22-12-3-1-2-4-13-22/h5,7-8,15,17H,1-4,6,9-14,16H2,(H,21,23). The first-order chi connectivity index (χ1) is 13.1. The van der Waals surface area contributed by atoms with Crippen LogP contribution in [0, 0.1) is 5.92 Å². The molecule has 1 amide bonds. The zero-order chi connectivity index (χ0) is 19.1. The maximum atomic E-state index is 12.9. The largest absolute Gasteiger partial charge is 0.381 e. The van der Waals surface area contributed by atoms with Crippen molar-refractivity contribution in [3.63, 3.8) is 0 Å². The number of benzene rings is 1. The number of ether oxygens (including phenoxy) is 1. The number of carbonyl (C=O) groups is 1. The van der Waals surface area contributed by atoms with E-state index in [2.05, 4.69) is 5.32 Å². The lowest BCUT2D eigenvalue weighted by molar-refractivity contribution is 0.0937. The van der Waals surface area contributed by atoms with Gasteiger partial charge >= 0.3 is 0 Å². The summed E-state index contributed by atoms with van der Waals surface area (Å²) in [6, 6.07) is 6.35. The van der Waals surface area contributed by atoms with Crippen molar-refractivity contribution in [3.8, 4) is 0 Å². The molecule has 0 bridgehead atoms. The fourth-order valence-electron chi connectivity index (χ4n) is 3.24. The molecule has 0 atom stereocenters. The van der Waals surface area contributed by atoms with Crippen LogP contribution in [0.5, 0.6) is 0 Å². The molecule has 3 rings (SSSR count). The normalized spacial score (nSPS) is 18.8. The summed E-state index contributed by atoms with van der Waals surface area (Å²) in [5.41, 5.74) is 0.379. The Morgan fingerprint density at radius 2 is 1.89 bits per heavy atom. The van der Waals surface area contributed by atoms with Crippen LogP contribution < -0.4 is 5.32 Å². The highest BCUT2D eigenvalue weighted by atomic mass is 32.2. The Kier molecular flexibility index (Phi) is 7.26. The Bertz CT molecular complexity index is 723. The smallest absolute Gasteiger partial charge is 0.251 e. The van der Waals surface area contributed by atoms with Gasteiger partial charge in [0.1, 0.15) is 0 Å². The average molecular weight is 395 g/mol. The van der Waals surface area contributed by atoms with Gasteiger partial charge in [0.25, 0.3) is 5.91 Å². The fraction of sp³-hybridized carbons (Fsp3) is 0.650. The third-order valence-corrected chi connectivity index (χ3v) is 7.00. The molecule has 0 aromatic heterocycles. The van der Waals surface area contributed by atoms with E-state index in [1.807, 2.05) is 0 Å². The molecule has 150 valence electrons. The van der Waals surface area contributed by atoms with Crippen LogP contribution >= 0.6 is 0 Å². The summed E-state index contributed by atoms with van der Waals surface area (Å²) < 4.78 is 32.9. The van der Waals surface area contributed by atoms with Gasteiger partial charge in [0.2, 0.25) is 10.0 Å². The van der Waals surface area contributed by atoms with E-state index in [1.54, 1.807) is 22.5 Å². The van der Waals surface area contributed by atoms with Crippen LogP contribution in [0.25, 0.3) is 0 Å². The molecule has 7 heteroatoms. The van der Waals surface area contributed by atoms with Crippen molar-refractivity contribution in [3.05, 3.63) is 29.8 Å². The molecule has 27 heavy (non-hydrogen) atoms. The number of sulfonamides is 1. The molecule has 1 N–H and O–H groups in total. The first-order valence-corrected chi connectivity index (χ1v) is 11.5. The number of carbonyl (C=O) groups excluding carboxylic acids is 1. The van der Waals surface area contributed by atoms with Crippen LogP contribution in [0.15, 0.2) is 29.2 Å². The molecular weight excluding hydrogens is 364 g/mol. The van der Waals surface area contributed by atoms with E-state index < -0.39 is 10.0 Å². The van der Waals surface area contributed by atoms with Crippen molar-refractivity contribution in [1.29, 1.82) is 0 Å². The summed E-state index contributed by atoms with van der Waals surface area (Å²) >= 11 is 0. The van der Waals surface area contributed by atoms with Gasteiger partial charge in [-0.2, -0.15) is 4.31 Å². The summed E-state index contributed by atoms with van der Waals surface area (Å²) in [7, 11) is -3.54. The second-order valence-electron chi connectivity index (χ2n) is 7.47. The van der Waals surface area contributed by atoms with Crippen molar-refractivity contribution in [2.24, 2.45) is 5.92 Å². The Morgan fingerprint density at radius 3 is 2.59 bits per heavy atom. The second-order valence-corrected chi connectivity index (χ2v) is 9.41. The molecular formula is C20H30N2O4S. The van der Waals surface area contributed by atoms with Gasteiger partial charge in [0.15, 0.2) is 0 Å². The third kappa shape index (κ3) is 6.02. The highest BCUT2D eigenvalue weighted by molar-refractivity contribution is 7.89. The van der Waals surface area contributed by atoms with Crippen LogP contribution in [0.2, 0.25) is 0 Å². The van der Waals surface area contributed by atoms with Crippen LogP contribution in [-0.2, 0) is 14.8 Å². The van der Waals surface area contributed by atoms with E-state index in [0.29, 0.717) is 31.8 Å². The quantitative estimate of drug-likeness (QED) is 0.654. The van der Waals surface area contributed by atoms with Gasteiger partial charge in [-0.25, -0.2) is 8.42 Å². The summed E-state index contributed by atoms with van der Waals surface area (Å²) in [6.07, 6.45) is 7.22. The number of nitrogens with one attached hydrogen (secondary N) is 1. The zero-order valence-corrected chi connectivity index (χ0v) is 16.7. The fourth-order valence-corrected chi connectivity index (χ4v) is 4.81. The topological polar surface area (TPSA) is 75.7 Å². The van der Waals surface area contributed by atoms with E-state index in [9.17, 15) is 13.2 Å². The van der Waals surface area contributed by atoms with E-state index in [0.717, 1.165) is 44.6 Å². The highest BCUT2D eigenvalue weighted by Crippen LogP contribution is 2.28. The van der Waals surface area contributed by atoms with Gasteiger partial charge in [0, 0.05) is 38.4 Å².